The monoisotopic (exact) mass is 353 g/mol. The summed E-state index contributed by atoms with van der Waals surface area (Å²) >= 11 is 0. The van der Waals surface area contributed by atoms with E-state index in [1.807, 2.05) is 32.0 Å². The Labute approximate surface area is 153 Å². The molecule has 0 saturated carbocycles. The van der Waals surface area contributed by atoms with Gasteiger partial charge in [-0.1, -0.05) is 32.0 Å². The topological polar surface area (TPSA) is 87.3 Å². The SMILES string of the molecule is CC(=O)c1ccc(NC(=O)[C@H](NC(=O)Nc2ccccc2)C(C)C)cc1. The standard InChI is InChI=1S/C20H23N3O3/c1-13(2)18(23-20(26)22-16-7-5-4-6-8-16)19(25)21-17-11-9-15(10-12-17)14(3)24/h4-13,18H,1-3H3,(H,21,25)(H2,22,23,26)/t18-/m1/s1. The molecule has 2 rings (SSSR count). The maximum Gasteiger partial charge on any atom is 0.319 e. The van der Waals surface area contributed by atoms with Crippen molar-refractivity contribution in [2.24, 2.45) is 5.92 Å². The van der Waals surface area contributed by atoms with Crippen LogP contribution < -0.4 is 16.0 Å². The fraction of sp³-hybridized carbons (Fsp3) is 0.250. The van der Waals surface area contributed by atoms with Crippen molar-refractivity contribution in [2.45, 2.75) is 26.8 Å². The Morgan fingerprint density at radius 3 is 1.92 bits per heavy atom. The van der Waals surface area contributed by atoms with Crippen LogP contribution in [0.5, 0.6) is 0 Å². The number of benzene rings is 2. The second kappa shape index (κ2) is 8.80. The molecular formula is C20H23N3O3. The molecule has 0 aliphatic rings. The van der Waals surface area contributed by atoms with Crippen molar-refractivity contribution >= 4 is 29.1 Å². The van der Waals surface area contributed by atoms with Crippen molar-refractivity contribution in [1.29, 1.82) is 0 Å². The van der Waals surface area contributed by atoms with Gasteiger partial charge >= 0.3 is 6.03 Å². The molecule has 0 saturated heterocycles. The van der Waals surface area contributed by atoms with Crippen LogP contribution in [0.3, 0.4) is 0 Å². The number of carbonyl (C=O) groups is 3. The zero-order valence-electron chi connectivity index (χ0n) is 15.1. The molecule has 0 radical (unpaired) electrons. The van der Waals surface area contributed by atoms with Crippen molar-refractivity contribution in [3.63, 3.8) is 0 Å². The molecule has 0 spiro atoms. The highest BCUT2D eigenvalue weighted by molar-refractivity contribution is 6.00. The summed E-state index contributed by atoms with van der Waals surface area (Å²) in [5.74, 6) is -0.464. The van der Waals surface area contributed by atoms with E-state index >= 15 is 0 Å². The van der Waals surface area contributed by atoms with Gasteiger partial charge < -0.3 is 16.0 Å². The van der Waals surface area contributed by atoms with E-state index in [4.69, 9.17) is 0 Å². The highest BCUT2D eigenvalue weighted by atomic mass is 16.2. The Kier molecular flexibility index (Phi) is 6.49. The van der Waals surface area contributed by atoms with Gasteiger partial charge in [0.05, 0.1) is 0 Å². The van der Waals surface area contributed by atoms with Crippen LogP contribution in [0.15, 0.2) is 54.6 Å². The summed E-state index contributed by atoms with van der Waals surface area (Å²) in [5.41, 5.74) is 1.78. The largest absolute Gasteiger partial charge is 0.326 e. The van der Waals surface area contributed by atoms with Crippen LogP contribution in [-0.2, 0) is 4.79 Å². The van der Waals surface area contributed by atoms with E-state index in [0.29, 0.717) is 16.9 Å². The smallest absolute Gasteiger partial charge is 0.319 e. The van der Waals surface area contributed by atoms with Crippen LogP contribution in [0, 0.1) is 5.92 Å². The third-order valence-electron chi connectivity index (χ3n) is 3.83. The van der Waals surface area contributed by atoms with Crippen molar-refractivity contribution in [3.8, 4) is 0 Å². The molecule has 26 heavy (non-hydrogen) atoms. The van der Waals surface area contributed by atoms with E-state index in [2.05, 4.69) is 16.0 Å². The molecule has 0 unspecified atom stereocenters. The maximum atomic E-state index is 12.5. The molecule has 3 N–H and O–H groups in total. The lowest BCUT2D eigenvalue weighted by Gasteiger charge is -2.22. The minimum Gasteiger partial charge on any atom is -0.326 e. The molecule has 0 aliphatic heterocycles. The second-order valence-corrected chi connectivity index (χ2v) is 6.31. The summed E-state index contributed by atoms with van der Waals surface area (Å²) in [6.45, 7) is 5.19. The third-order valence-corrected chi connectivity index (χ3v) is 3.83. The Hall–Kier alpha value is -3.15. The number of Topliss-reactive ketones (excluding diaryl/α,β-unsaturated/α-hetero) is 1. The number of hydrogen-bond donors (Lipinski definition) is 3. The number of anilines is 2. The quantitative estimate of drug-likeness (QED) is 0.692. The molecule has 0 fully saturated rings. The normalized spacial score (nSPS) is 11.5. The third kappa shape index (κ3) is 5.44. The molecule has 1 atom stereocenters. The minimum atomic E-state index is -0.703. The van der Waals surface area contributed by atoms with E-state index in [0.717, 1.165) is 0 Å². The molecule has 136 valence electrons. The highest BCUT2D eigenvalue weighted by Gasteiger charge is 2.24. The van der Waals surface area contributed by atoms with Gasteiger partial charge in [0, 0.05) is 16.9 Å². The number of ketones is 1. The Morgan fingerprint density at radius 2 is 1.38 bits per heavy atom. The Balaban J connectivity index is 2.00. The van der Waals surface area contributed by atoms with E-state index in [9.17, 15) is 14.4 Å². The lowest BCUT2D eigenvalue weighted by molar-refractivity contribution is -0.118. The van der Waals surface area contributed by atoms with Gasteiger partial charge in [0.1, 0.15) is 6.04 Å². The molecular weight excluding hydrogens is 330 g/mol. The van der Waals surface area contributed by atoms with E-state index in [1.54, 1.807) is 36.4 Å². The second-order valence-electron chi connectivity index (χ2n) is 6.31. The molecule has 2 aromatic carbocycles. The summed E-state index contributed by atoms with van der Waals surface area (Å²) < 4.78 is 0. The predicted molar refractivity (Wildman–Crippen MR) is 102 cm³/mol. The molecule has 2 aromatic rings. The summed E-state index contributed by atoms with van der Waals surface area (Å²) in [6, 6.07) is 14.5. The average molecular weight is 353 g/mol. The number of hydrogen-bond acceptors (Lipinski definition) is 3. The van der Waals surface area contributed by atoms with Crippen molar-refractivity contribution < 1.29 is 14.4 Å². The molecule has 6 nitrogen and oxygen atoms in total. The van der Waals surface area contributed by atoms with Gasteiger partial charge in [0.15, 0.2) is 5.78 Å². The van der Waals surface area contributed by atoms with Crippen LogP contribution in [0.2, 0.25) is 0 Å². The average Bonchev–Trinajstić information content (AvgIpc) is 2.60. The molecule has 3 amide bonds. The molecule has 0 bridgehead atoms. The first kappa shape index (κ1) is 19.2. The van der Waals surface area contributed by atoms with Gasteiger partial charge in [-0.25, -0.2) is 4.79 Å². The van der Waals surface area contributed by atoms with E-state index in [-0.39, 0.29) is 17.6 Å². The van der Waals surface area contributed by atoms with E-state index < -0.39 is 12.1 Å². The van der Waals surface area contributed by atoms with Gasteiger partial charge in [-0.3, -0.25) is 9.59 Å². The van der Waals surface area contributed by atoms with Crippen molar-refractivity contribution in [3.05, 3.63) is 60.2 Å². The van der Waals surface area contributed by atoms with Gasteiger partial charge in [0.25, 0.3) is 0 Å². The van der Waals surface area contributed by atoms with Crippen molar-refractivity contribution in [2.75, 3.05) is 10.6 Å². The van der Waals surface area contributed by atoms with Gasteiger partial charge in [-0.05, 0) is 49.2 Å². The summed E-state index contributed by atoms with van der Waals surface area (Å²) in [7, 11) is 0. The first-order valence-electron chi connectivity index (χ1n) is 8.41. The fourth-order valence-corrected chi connectivity index (χ4v) is 2.37. The number of carbonyl (C=O) groups excluding carboxylic acids is 3. The maximum absolute atomic E-state index is 12.5. The number of urea groups is 1. The first-order chi connectivity index (χ1) is 12.4. The summed E-state index contributed by atoms with van der Waals surface area (Å²) in [4.78, 5) is 36.0. The summed E-state index contributed by atoms with van der Waals surface area (Å²) in [6.07, 6.45) is 0. The van der Waals surface area contributed by atoms with Crippen LogP contribution in [0.1, 0.15) is 31.1 Å². The minimum absolute atomic E-state index is 0.0396. The number of rotatable bonds is 6. The summed E-state index contributed by atoms with van der Waals surface area (Å²) in [5, 5.41) is 8.16. The van der Waals surface area contributed by atoms with Crippen molar-refractivity contribution in [1.82, 2.24) is 5.32 Å². The van der Waals surface area contributed by atoms with Crippen LogP contribution in [0.25, 0.3) is 0 Å². The van der Waals surface area contributed by atoms with Gasteiger partial charge in [-0.15, -0.1) is 0 Å². The van der Waals surface area contributed by atoms with Gasteiger partial charge in [-0.2, -0.15) is 0 Å². The zero-order chi connectivity index (χ0) is 19.1. The number of para-hydroxylation sites is 1. The lowest BCUT2D eigenvalue weighted by atomic mass is 10.0. The Bertz CT molecular complexity index is 771. The number of amides is 3. The Morgan fingerprint density at radius 1 is 0.808 bits per heavy atom. The van der Waals surface area contributed by atoms with E-state index in [1.165, 1.54) is 6.92 Å². The van der Waals surface area contributed by atoms with Gasteiger partial charge in [0.2, 0.25) is 5.91 Å². The highest BCUT2D eigenvalue weighted by Crippen LogP contribution is 2.13. The molecule has 6 heteroatoms. The fourth-order valence-electron chi connectivity index (χ4n) is 2.37. The molecule has 0 aromatic heterocycles. The van der Waals surface area contributed by atoms with Crippen LogP contribution in [0.4, 0.5) is 16.2 Å². The molecule has 0 heterocycles. The lowest BCUT2D eigenvalue weighted by Crippen LogP contribution is -2.48. The first-order valence-corrected chi connectivity index (χ1v) is 8.41. The zero-order valence-corrected chi connectivity index (χ0v) is 15.1. The number of nitrogens with one attached hydrogen (secondary N) is 3. The predicted octanol–water partition coefficient (Wildman–Crippen LogP) is 3.67. The molecule has 0 aliphatic carbocycles. The van der Waals surface area contributed by atoms with Crippen LogP contribution >= 0.6 is 0 Å². The van der Waals surface area contributed by atoms with Crippen LogP contribution in [-0.4, -0.2) is 23.8 Å².